The fourth-order valence-corrected chi connectivity index (χ4v) is 8.05. The average molecular weight is 769 g/mol. The Labute approximate surface area is 308 Å². The van der Waals surface area contributed by atoms with Crippen LogP contribution in [0.5, 0.6) is 5.88 Å². The number of fused-ring (bicyclic) bond motifs is 3. The summed E-state index contributed by atoms with van der Waals surface area (Å²) in [6, 6.07) is 9.08. The minimum Gasteiger partial charge on any atom is -0.470 e. The number of carbonyl (C=O) groups excluding carboxylic acids is 3. The van der Waals surface area contributed by atoms with E-state index in [0.29, 0.717) is 29.3 Å². The van der Waals surface area contributed by atoms with Crippen LogP contribution in [0.25, 0.3) is 33.5 Å². The maximum absolute atomic E-state index is 14.1. The summed E-state index contributed by atoms with van der Waals surface area (Å²) in [6.45, 7) is 8.92. The van der Waals surface area contributed by atoms with Crippen molar-refractivity contribution in [3.8, 4) is 17.3 Å². The lowest BCUT2D eigenvalue weighted by atomic mass is 9.86. The molecule has 3 aliphatic rings. The molecule has 1 aliphatic heterocycles. The minimum absolute atomic E-state index is 0.0473. The van der Waals surface area contributed by atoms with Crippen LogP contribution in [0.4, 0.5) is 13.2 Å². The standard InChI is InChI=1S/C37H39F3N6O7S/c1-5-20-17-36(20,34(49)45-54(50,51)23-14-15-23)44-31(47)25-16-22(18-46(25)33(48)29(41)35(2,3)4)52-32-28-27(24-8-6-7-9-26(24)53-28)42-30(43-32)19-10-12-21(13-11-19)37(38,39)40/h5-13,20,22-23,25,29H,1,14-18,41H2,2-4H3,(H,44,47)(H,45,49)/t20-,22-,25+,29?,36-/m1/s1. The molecule has 2 aromatic heterocycles. The molecule has 2 saturated carbocycles. The molecular formula is C37H39F3N6O7S. The van der Waals surface area contributed by atoms with E-state index in [9.17, 15) is 36.0 Å². The molecule has 13 nitrogen and oxygen atoms in total. The van der Waals surface area contributed by atoms with Crippen molar-refractivity contribution in [3.63, 3.8) is 0 Å². The molecule has 4 N–H and O–H groups in total. The van der Waals surface area contributed by atoms with Crippen molar-refractivity contribution < 1.29 is 45.1 Å². The summed E-state index contributed by atoms with van der Waals surface area (Å²) in [5.74, 6) is -2.74. The van der Waals surface area contributed by atoms with Gasteiger partial charge in [-0.15, -0.1) is 6.58 Å². The number of benzene rings is 2. The maximum atomic E-state index is 14.1. The largest absolute Gasteiger partial charge is 0.470 e. The molecule has 3 fully saturated rings. The van der Waals surface area contributed by atoms with E-state index in [1.807, 2.05) is 0 Å². The summed E-state index contributed by atoms with van der Waals surface area (Å²) >= 11 is 0. The predicted molar refractivity (Wildman–Crippen MR) is 191 cm³/mol. The van der Waals surface area contributed by atoms with Crippen molar-refractivity contribution in [1.29, 1.82) is 0 Å². The van der Waals surface area contributed by atoms with Gasteiger partial charge in [0.15, 0.2) is 5.82 Å². The summed E-state index contributed by atoms with van der Waals surface area (Å²) < 4.78 is 79.9. The summed E-state index contributed by atoms with van der Waals surface area (Å²) in [5.41, 5.74) is 4.44. The zero-order valence-electron chi connectivity index (χ0n) is 29.6. The normalized spacial score (nSPS) is 23.6. The number of rotatable bonds is 10. The molecule has 4 aromatic rings. The number of alkyl halides is 3. The Morgan fingerprint density at radius 1 is 1.09 bits per heavy atom. The van der Waals surface area contributed by atoms with Gasteiger partial charge in [-0.25, -0.2) is 13.4 Å². The van der Waals surface area contributed by atoms with Crippen molar-refractivity contribution in [2.24, 2.45) is 17.1 Å². The first-order valence-corrected chi connectivity index (χ1v) is 19.0. The number of amides is 3. The number of para-hydroxylation sites is 1. The van der Waals surface area contributed by atoms with Gasteiger partial charge in [0.05, 0.1) is 23.4 Å². The van der Waals surface area contributed by atoms with E-state index < -0.39 is 79.8 Å². The Balaban J connectivity index is 1.22. The van der Waals surface area contributed by atoms with Crippen LogP contribution in [0.1, 0.15) is 52.0 Å². The zero-order chi connectivity index (χ0) is 39.0. The van der Waals surface area contributed by atoms with Crippen LogP contribution in [0.15, 0.2) is 65.6 Å². The van der Waals surface area contributed by atoms with Crippen LogP contribution in [0.3, 0.4) is 0 Å². The number of nitrogens with one attached hydrogen (secondary N) is 2. The smallest absolute Gasteiger partial charge is 0.416 e. The topological polar surface area (TPSA) is 187 Å². The zero-order valence-corrected chi connectivity index (χ0v) is 30.5. The molecule has 1 unspecified atom stereocenters. The lowest BCUT2D eigenvalue weighted by molar-refractivity contribution is -0.142. The van der Waals surface area contributed by atoms with E-state index >= 15 is 0 Å². The van der Waals surface area contributed by atoms with Crippen molar-refractivity contribution in [2.45, 2.75) is 81.6 Å². The molecule has 2 aromatic carbocycles. The van der Waals surface area contributed by atoms with E-state index in [0.717, 1.165) is 12.1 Å². The van der Waals surface area contributed by atoms with Gasteiger partial charge in [-0.2, -0.15) is 18.2 Å². The Hall–Kier alpha value is -5.03. The summed E-state index contributed by atoms with van der Waals surface area (Å²) in [6.07, 6.45) is -3.10. The maximum Gasteiger partial charge on any atom is 0.416 e. The van der Waals surface area contributed by atoms with Crippen molar-refractivity contribution in [2.75, 3.05) is 6.54 Å². The molecular weight excluding hydrogens is 730 g/mol. The minimum atomic E-state index is -4.55. The van der Waals surface area contributed by atoms with E-state index in [-0.39, 0.29) is 42.2 Å². The van der Waals surface area contributed by atoms with Crippen molar-refractivity contribution in [3.05, 3.63) is 66.7 Å². The van der Waals surface area contributed by atoms with Gasteiger partial charge < -0.3 is 25.1 Å². The second-order valence-corrected chi connectivity index (χ2v) is 17.2. The number of nitrogens with zero attached hydrogens (tertiary/aromatic N) is 3. The highest BCUT2D eigenvalue weighted by Gasteiger charge is 2.62. The SMILES string of the molecule is C=C[C@@H]1C[C@]1(NC(=O)[C@@H]1C[C@@H](Oc2nc(-c3ccc(C(F)(F)F)cc3)nc3c2oc2ccccc23)CN1C(=O)C(N)C(C)(C)C)C(=O)NS(=O)(=O)C1CC1. The quantitative estimate of drug-likeness (QED) is 0.195. The number of nitrogens with two attached hydrogens (primary N) is 1. The van der Waals surface area contributed by atoms with Crippen LogP contribution in [0.2, 0.25) is 0 Å². The fraction of sp³-hybridized carbons (Fsp3) is 0.432. The average Bonchev–Trinajstić information content (AvgIpc) is 4.02. The molecule has 54 heavy (non-hydrogen) atoms. The summed E-state index contributed by atoms with van der Waals surface area (Å²) in [4.78, 5) is 51.9. The molecule has 286 valence electrons. The van der Waals surface area contributed by atoms with Crippen LogP contribution < -0.4 is 20.5 Å². The van der Waals surface area contributed by atoms with E-state index in [1.54, 1.807) is 45.0 Å². The lowest BCUT2D eigenvalue weighted by Crippen LogP contribution is -2.59. The number of carbonyl (C=O) groups is 3. The number of ether oxygens (including phenoxy) is 1. The first-order valence-electron chi connectivity index (χ1n) is 17.4. The Bertz CT molecular complexity index is 2280. The third-order valence-corrected chi connectivity index (χ3v) is 12.1. The molecule has 7 rings (SSSR count). The third kappa shape index (κ3) is 6.90. The highest BCUT2D eigenvalue weighted by molar-refractivity contribution is 7.91. The predicted octanol–water partition coefficient (Wildman–Crippen LogP) is 4.45. The summed E-state index contributed by atoms with van der Waals surface area (Å²) in [5, 5.41) is 2.65. The van der Waals surface area contributed by atoms with Gasteiger partial charge in [-0.1, -0.05) is 51.1 Å². The van der Waals surface area contributed by atoms with E-state index in [1.165, 1.54) is 23.1 Å². The molecule has 3 heterocycles. The molecule has 1 saturated heterocycles. The van der Waals surface area contributed by atoms with Gasteiger partial charge in [0.1, 0.15) is 28.8 Å². The monoisotopic (exact) mass is 768 g/mol. The second-order valence-electron chi connectivity index (χ2n) is 15.2. The lowest BCUT2D eigenvalue weighted by Gasteiger charge is -2.33. The van der Waals surface area contributed by atoms with Crippen LogP contribution in [-0.2, 0) is 30.6 Å². The van der Waals surface area contributed by atoms with Crippen LogP contribution in [0, 0.1) is 11.3 Å². The third-order valence-electron chi connectivity index (χ3n) is 10.2. The van der Waals surface area contributed by atoms with Gasteiger partial charge >= 0.3 is 6.18 Å². The highest BCUT2D eigenvalue weighted by Crippen LogP contribution is 2.46. The van der Waals surface area contributed by atoms with Gasteiger partial charge in [-0.3, -0.25) is 19.1 Å². The van der Waals surface area contributed by atoms with E-state index in [2.05, 4.69) is 26.6 Å². The first kappa shape index (κ1) is 37.3. The van der Waals surface area contributed by atoms with Crippen LogP contribution >= 0.6 is 0 Å². The number of sulfonamides is 1. The Morgan fingerprint density at radius 3 is 2.39 bits per heavy atom. The summed E-state index contributed by atoms with van der Waals surface area (Å²) in [7, 11) is -3.93. The number of furan rings is 1. The van der Waals surface area contributed by atoms with Crippen LogP contribution in [-0.4, -0.2) is 76.5 Å². The molecule has 5 atom stereocenters. The second kappa shape index (κ2) is 13.1. The molecule has 3 amide bonds. The van der Waals surface area contributed by atoms with Gasteiger partial charge in [0, 0.05) is 23.3 Å². The number of hydrogen-bond acceptors (Lipinski definition) is 10. The van der Waals surface area contributed by atoms with Crippen molar-refractivity contribution >= 4 is 49.8 Å². The van der Waals surface area contributed by atoms with Crippen molar-refractivity contribution in [1.82, 2.24) is 24.9 Å². The Morgan fingerprint density at radius 2 is 1.78 bits per heavy atom. The molecule has 0 bridgehead atoms. The van der Waals surface area contributed by atoms with Gasteiger partial charge in [-0.05, 0) is 48.9 Å². The molecule has 17 heteroatoms. The van der Waals surface area contributed by atoms with E-state index in [4.69, 9.17) is 14.9 Å². The number of hydrogen-bond donors (Lipinski definition) is 3. The van der Waals surface area contributed by atoms with Gasteiger partial charge in [0.25, 0.3) is 11.8 Å². The highest BCUT2D eigenvalue weighted by atomic mass is 32.2. The molecule has 0 radical (unpaired) electrons. The van der Waals surface area contributed by atoms with Gasteiger partial charge in [0.2, 0.25) is 27.4 Å². The number of aromatic nitrogens is 2. The first-order chi connectivity index (χ1) is 25.3. The number of halogens is 3. The number of likely N-dealkylation sites (tertiary alicyclic amines) is 1. The molecule has 2 aliphatic carbocycles. The molecule has 0 spiro atoms. The fourth-order valence-electron chi connectivity index (χ4n) is 6.68. The Kier molecular flexibility index (Phi) is 9.03.